The van der Waals surface area contributed by atoms with Crippen molar-refractivity contribution in [2.45, 2.75) is 18.7 Å². The number of sulfonamides is 1. The fourth-order valence-corrected chi connectivity index (χ4v) is 2.27. The minimum atomic E-state index is -3.83. The average Bonchev–Trinajstić information content (AvgIpc) is 2.36. The van der Waals surface area contributed by atoms with E-state index in [9.17, 15) is 13.2 Å². The number of carbonyl (C=O) groups excluding carboxylic acids is 1. The van der Waals surface area contributed by atoms with E-state index in [4.69, 9.17) is 9.88 Å². The summed E-state index contributed by atoms with van der Waals surface area (Å²) in [5.74, 6) is -0.373. The van der Waals surface area contributed by atoms with E-state index in [1.807, 2.05) is 6.92 Å². The second-order valence-corrected chi connectivity index (χ2v) is 6.41. The minimum Gasteiger partial charge on any atom is -0.375 e. The molecule has 0 fully saturated rings. The van der Waals surface area contributed by atoms with Crippen molar-refractivity contribution in [1.82, 2.24) is 5.32 Å². The van der Waals surface area contributed by atoms with Crippen molar-refractivity contribution >= 4 is 15.9 Å². The number of benzene rings is 1. The van der Waals surface area contributed by atoms with Crippen molar-refractivity contribution in [3.8, 4) is 0 Å². The van der Waals surface area contributed by atoms with Crippen molar-refractivity contribution in [2.75, 3.05) is 19.8 Å². The molecule has 0 aliphatic rings. The van der Waals surface area contributed by atoms with Gasteiger partial charge in [0.1, 0.15) is 0 Å². The summed E-state index contributed by atoms with van der Waals surface area (Å²) in [7, 11) is -3.83. The third-order valence-corrected chi connectivity index (χ3v) is 3.41. The van der Waals surface area contributed by atoms with Crippen LogP contribution in [0.5, 0.6) is 0 Å². The molecule has 0 radical (unpaired) electrons. The first kappa shape index (κ1) is 17.4. The number of hydrogen-bond donors (Lipinski definition) is 2. The zero-order chi connectivity index (χ0) is 16.0. The molecule has 0 spiro atoms. The molecule has 21 heavy (non-hydrogen) atoms. The summed E-state index contributed by atoms with van der Waals surface area (Å²) in [4.78, 5) is 11.9. The Morgan fingerprint density at radius 2 is 2.05 bits per heavy atom. The Bertz CT molecular complexity index is 638. The lowest BCUT2D eigenvalue weighted by Crippen LogP contribution is -2.27. The second kappa shape index (κ2) is 7.35. The van der Waals surface area contributed by atoms with Crippen molar-refractivity contribution in [1.29, 1.82) is 0 Å². The third-order valence-electron chi connectivity index (χ3n) is 2.52. The van der Waals surface area contributed by atoms with Gasteiger partial charge in [-0.1, -0.05) is 12.2 Å². The zero-order valence-electron chi connectivity index (χ0n) is 12.2. The molecule has 0 atom stereocenters. The maximum atomic E-state index is 12.0. The van der Waals surface area contributed by atoms with E-state index >= 15 is 0 Å². The molecule has 0 aliphatic carbocycles. The van der Waals surface area contributed by atoms with Gasteiger partial charge in [-0.05, 0) is 37.6 Å². The molecule has 1 amide bonds. The largest absolute Gasteiger partial charge is 0.375 e. The van der Waals surface area contributed by atoms with Gasteiger partial charge in [0.2, 0.25) is 10.0 Å². The molecular weight excluding hydrogens is 292 g/mol. The zero-order valence-corrected chi connectivity index (χ0v) is 13.0. The maximum absolute atomic E-state index is 12.0. The molecule has 3 N–H and O–H groups in total. The number of aryl methyl sites for hydroxylation is 1. The highest BCUT2D eigenvalue weighted by Gasteiger charge is 2.13. The van der Waals surface area contributed by atoms with Gasteiger partial charge in [0.15, 0.2) is 0 Å². The van der Waals surface area contributed by atoms with Gasteiger partial charge >= 0.3 is 0 Å². The van der Waals surface area contributed by atoms with E-state index in [0.717, 1.165) is 5.57 Å². The van der Waals surface area contributed by atoms with E-state index in [1.165, 1.54) is 12.1 Å². The Morgan fingerprint density at radius 3 is 2.62 bits per heavy atom. The van der Waals surface area contributed by atoms with Gasteiger partial charge in [-0.3, -0.25) is 4.79 Å². The molecule has 0 aliphatic heterocycles. The predicted molar refractivity (Wildman–Crippen MR) is 80.5 cm³/mol. The lowest BCUT2D eigenvalue weighted by Gasteiger charge is -2.08. The second-order valence-electron chi connectivity index (χ2n) is 4.85. The highest BCUT2D eigenvalue weighted by Crippen LogP contribution is 2.13. The fourth-order valence-electron chi connectivity index (χ4n) is 1.63. The van der Waals surface area contributed by atoms with Gasteiger partial charge < -0.3 is 10.1 Å². The molecule has 0 saturated carbocycles. The van der Waals surface area contributed by atoms with Crippen molar-refractivity contribution in [3.63, 3.8) is 0 Å². The van der Waals surface area contributed by atoms with Crippen LogP contribution in [0.2, 0.25) is 0 Å². The summed E-state index contributed by atoms with van der Waals surface area (Å²) in [6.45, 7) is 8.36. The molecule has 1 rings (SSSR count). The van der Waals surface area contributed by atoms with Crippen molar-refractivity contribution in [3.05, 3.63) is 41.5 Å². The highest BCUT2D eigenvalue weighted by molar-refractivity contribution is 7.89. The van der Waals surface area contributed by atoms with Crippen LogP contribution in [0, 0.1) is 6.92 Å². The van der Waals surface area contributed by atoms with Crippen molar-refractivity contribution in [2.24, 2.45) is 5.14 Å². The van der Waals surface area contributed by atoms with Gasteiger partial charge in [-0.15, -0.1) is 0 Å². The smallest absolute Gasteiger partial charge is 0.251 e. The van der Waals surface area contributed by atoms with Gasteiger partial charge in [-0.25, -0.2) is 13.6 Å². The fraction of sp³-hybridized carbons (Fsp3) is 0.357. The van der Waals surface area contributed by atoms with Crippen LogP contribution in [-0.2, 0) is 14.8 Å². The van der Waals surface area contributed by atoms with Crippen LogP contribution in [0.3, 0.4) is 0 Å². The Hall–Kier alpha value is -1.70. The van der Waals surface area contributed by atoms with E-state index in [1.54, 1.807) is 13.0 Å². The first-order chi connectivity index (χ1) is 9.70. The SMILES string of the molecule is C=C(C)COCCNC(=O)c1cc(C)cc(S(N)(=O)=O)c1. The van der Waals surface area contributed by atoms with E-state index in [0.29, 0.717) is 25.3 Å². The van der Waals surface area contributed by atoms with Crippen LogP contribution in [0.15, 0.2) is 35.2 Å². The van der Waals surface area contributed by atoms with Crippen LogP contribution >= 0.6 is 0 Å². The average molecular weight is 312 g/mol. The molecule has 0 bridgehead atoms. The van der Waals surface area contributed by atoms with Crippen molar-refractivity contribution < 1.29 is 17.9 Å². The Labute approximate surface area is 125 Å². The van der Waals surface area contributed by atoms with Crippen LogP contribution in [0.25, 0.3) is 0 Å². The van der Waals surface area contributed by atoms with E-state index in [2.05, 4.69) is 11.9 Å². The first-order valence-corrected chi connectivity index (χ1v) is 7.89. The number of hydrogen-bond acceptors (Lipinski definition) is 4. The number of rotatable bonds is 7. The third kappa shape index (κ3) is 6.07. The molecule has 1 aromatic rings. The highest BCUT2D eigenvalue weighted by atomic mass is 32.2. The van der Waals surface area contributed by atoms with Gasteiger partial charge in [-0.2, -0.15) is 0 Å². The molecular formula is C14H20N2O4S. The summed E-state index contributed by atoms with van der Waals surface area (Å²) < 4.78 is 27.9. The number of nitrogens with one attached hydrogen (secondary N) is 1. The number of ether oxygens (including phenoxy) is 1. The molecule has 6 nitrogen and oxygen atoms in total. The minimum absolute atomic E-state index is 0.0776. The van der Waals surface area contributed by atoms with Crippen LogP contribution in [-0.4, -0.2) is 34.1 Å². The van der Waals surface area contributed by atoms with Crippen LogP contribution in [0.1, 0.15) is 22.8 Å². The summed E-state index contributed by atoms with van der Waals surface area (Å²) in [6.07, 6.45) is 0. The molecule has 0 saturated heterocycles. The lowest BCUT2D eigenvalue weighted by atomic mass is 10.1. The Balaban J connectivity index is 2.66. The normalized spacial score (nSPS) is 11.2. The Morgan fingerprint density at radius 1 is 1.38 bits per heavy atom. The van der Waals surface area contributed by atoms with Crippen LogP contribution < -0.4 is 10.5 Å². The standard InChI is InChI=1S/C14H20N2O4S/c1-10(2)9-20-5-4-16-14(17)12-6-11(3)7-13(8-12)21(15,18)19/h6-8H,1,4-5,9H2,2-3H3,(H,16,17)(H2,15,18,19). The molecule has 7 heteroatoms. The summed E-state index contributed by atoms with van der Waals surface area (Å²) >= 11 is 0. The number of carbonyl (C=O) groups is 1. The molecule has 0 heterocycles. The van der Waals surface area contributed by atoms with Gasteiger partial charge in [0, 0.05) is 12.1 Å². The number of primary sulfonamides is 1. The number of amides is 1. The molecule has 0 unspecified atom stereocenters. The first-order valence-electron chi connectivity index (χ1n) is 6.35. The lowest BCUT2D eigenvalue weighted by molar-refractivity contribution is 0.0926. The molecule has 116 valence electrons. The maximum Gasteiger partial charge on any atom is 0.251 e. The summed E-state index contributed by atoms with van der Waals surface area (Å²) in [5.41, 5.74) is 1.79. The van der Waals surface area contributed by atoms with Gasteiger partial charge in [0.05, 0.1) is 18.1 Å². The predicted octanol–water partition coefficient (Wildman–Crippen LogP) is 0.965. The van der Waals surface area contributed by atoms with Crippen LogP contribution in [0.4, 0.5) is 0 Å². The summed E-state index contributed by atoms with van der Waals surface area (Å²) in [5, 5.41) is 7.72. The molecule has 1 aromatic carbocycles. The molecule has 0 aromatic heterocycles. The summed E-state index contributed by atoms with van der Waals surface area (Å²) in [6, 6.07) is 4.27. The number of nitrogens with two attached hydrogens (primary N) is 1. The Kier molecular flexibility index (Phi) is 6.07. The van der Waals surface area contributed by atoms with Gasteiger partial charge in [0.25, 0.3) is 5.91 Å². The topological polar surface area (TPSA) is 98.5 Å². The van der Waals surface area contributed by atoms with E-state index in [-0.39, 0.29) is 16.4 Å². The monoisotopic (exact) mass is 312 g/mol. The quantitative estimate of drug-likeness (QED) is 0.579. The van der Waals surface area contributed by atoms with E-state index < -0.39 is 10.0 Å².